The van der Waals surface area contributed by atoms with Crippen molar-refractivity contribution in [1.29, 1.82) is 0 Å². The van der Waals surface area contributed by atoms with Gasteiger partial charge in [-0.2, -0.15) is 0 Å². The van der Waals surface area contributed by atoms with Gasteiger partial charge in [0.15, 0.2) is 0 Å². The van der Waals surface area contributed by atoms with Crippen molar-refractivity contribution in [3.05, 3.63) is 11.6 Å². The molecule has 0 bridgehead atoms. The molecule has 1 N–H and O–H groups in total. The third-order valence-corrected chi connectivity index (χ3v) is 3.03. The molecule has 2 atom stereocenters. The summed E-state index contributed by atoms with van der Waals surface area (Å²) in [6.07, 6.45) is 9.21. The highest BCUT2D eigenvalue weighted by molar-refractivity contribution is 5.13. The Morgan fingerprint density at radius 2 is 2.23 bits per heavy atom. The predicted molar refractivity (Wildman–Crippen MR) is 56.6 cm³/mol. The number of aliphatic hydroxyl groups is 1. The van der Waals surface area contributed by atoms with Gasteiger partial charge in [0, 0.05) is 5.92 Å². The van der Waals surface area contributed by atoms with E-state index >= 15 is 0 Å². The molecule has 0 aliphatic heterocycles. The summed E-state index contributed by atoms with van der Waals surface area (Å²) in [5.41, 5.74) is 1.52. The Balaban J connectivity index is 2.55. The number of hydrogen-bond acceptors (Lipinski definition) is 1. The fraction of sp³-hybridized carbons (Fsp3) is 0.833. The fourth-order valence-electron chi connectivity index (χ4n) is 2.25. The summed E-state index contributed by atoms with van der Waals surface area (Å²) in [6.45, 7) is 4.27. The van der Waals surface area contributed by atoms with Gasteiger partial charge >= 0.3 is 0 Å². The van der Waals surface area contributed by atoms with Crippen LogP contribution in [0.3, 0.4) is 0 Å². The van der Waals surface area contributed by atoms with E-state index in [2.05, 4.69) is 19.9 Å². The van der Waals surface area contributed by atoms with Gasteiger partial charge in [-0.15, -0.1) is 0 Å². The van der Waals surface area contributed by atoms with E-state index in [0.717, 1.165) is 12.8 Å². The summed E-state index contributed by atoms with van der Waals surface area (Å²) in [6, 6.07) is 0. The van der Waals surface area contributed by atoms with Crippen LogP contribution in [0.1, 0.15) is 52.4 Å². The quantitative estimate of drug-likeness (QED) is 0.647. The van der Waals surface area contributed by atoms with Gasteiger partial charge in [0.25, 0.3) is 0 Å². The smallest absolute Gasteiger partial charge is 0.0602 e. The second-order valence-electron chi connectivity index (χ2n) is 4.04. The van der Waals surface area contributed by atoms with Gasteiger partial charge in [-0.25, -0.2) is 0 Å². The molecule has 0 aromatic carbocycles. The summed E-state index contributed by atoms with van der Waals surface area (Å²) in [4.78, 5) is 0. The molecule has 1 rings (SSSR count). The maximum Gasteiger partial charge on any atom is 0.0602 e. The zero-order chi connectivity index (χ0) is 9.68. The van der Waals surface area contributed by atoms with Crippen LogP contribution in [0.15, 0.2) is 11.6 Å². The van der Waals surface area contributed by atoms with Crippen molar-refractivity contribution in [2.45, 2.75) is 58.5 Å². The van der Waals surface area contributed by atoms with Gasteiger partial charge in [-0.3, -0.25) is 0 Å². The molecular formula is C12H22O. The second-order valence-corrected chi connectivity index (χ2v) is 4.04. The lowest BCUT2D eigenvalue weighted by Crippen LogP contribution is -2.20. The largest absolute Gasteiger partial charge is 0.393 e. The summed E-state index contributed by atoms with van der Waals surface area (Å²) in [5, 5.41) is 9.87. The van der Waals surface area contributed by atoms with Crippen molar-refractivity contribution in [2.24, 2.45) is 5.92 Å². The third kappa shape index (κ3) is 2.84. The van der Waals surface area contributed by atoms with Crippen LogP contribution >= 0.6 is 0 Å². The summed E-state index contributed by atoms with van der Waals surface area (Å²) >= 11 is 0. The number of allylic oxidation sites excluding steroid dienone is 1. The first-order chi connectivity index (χ1) is 6.29. The molecule has 0 fully saturated rings. The Morgan fingerprint density at radius 3 is 2.69 bits per heavy atom. The minimum atomic E-state index is -0.107. The van der Waals surface area contributed by atoms with Crippen molar-refractivity contribution in [3.8, 4) is 0 Å². The van der Waals surface area contributed by atoms with Crippen LogP contribution < -0.4 is 0 Å². The first kappa shape index (κ1) is 10.8. The normalized spacial score (nSPS) is 21.3. The zero-order valence-corrected chi connectivity index (χ0v) is 8.92. The van der Waals surface area contributed by atoms with Crippen LogP contribution in [-0.2, 0) is 0 Å². The van der Waals surface area contributed by atoms with Gasteiger partial charge in [-0.1, -0.05) is 31.9 Å². The van der Waals surface area contributed by atoms with E-state index in [1.807, 2.05) is 0 Å². The standard InChI is InChI=1S/C12H22O/c1-3-7-11(12(13)4-2)10-8-5-6-9-10/h8,11-13H,3-7,9H2,1-2H3. The molecular weight excluding hydrogens is 160 g/mol. The van der Waals surface area contributed by atoms with Gasteiger partial charge in [-0.05, 0) is 32.1 Å². The van der Waals surface area contributed by atoms with Crippen molar-refractivity contribution >= 4 is 0 Å². The Morgan fingerprint density at radius 1 is 1.46 bits per heavy atom. The molecule has 0 heterocycles. The highest BCUT2D eigenvalue weighted by atomic mass is 16.3. The Hall–Kier alpha value is -0.300. The fourth-order valence-corrected chi connectivity index (χ4v) is 2.25. The van der Waals surface area contributed by atoms with E-state index in [1.165, 1.54) is 31.3 Å². The van der Waals surface area contributed by atoms with Crippen LogP contribution in [-0.4, -0.2) is 11.2 Å². The third-order valence-electron chi connectivity index (χ3n) is 3.03. The van der Waals surface area contributed by atoms with Crippen LogP contribution in [0.4, 0.5) is 0 Å². The predicted octanol–water partition coefficient (Wildman–Crippen LogP) is 3.28. The Labute approximate surface area is 81.9 Å². The van der Waals surface area contributed by atoms with Crippen molar-refractivity contribution in [1.82, 2.24) is 0 Å². The average Bonchev–Trinajstić information content (AvgIpc) is 2.65. The lowest BCUT2D eigenvalue weighted by molar-refractivity contribution is 0.114. The lowest BCUT2D eigenvalue weighted by Gasteiger charge is -2.22. The van der Waals surface area contributed by atoms with Crippen molar-refractivity contribution < 1.29 is 5.11 Å². The summed E-state index contributed by atoms with van der Waals surface area (Å²) in [7, 11) is 0. The minimum absolute atomic E-state index is 0.107. The van der Waals surface area contributed by atoms with Gasteiger partial charge in [0.1, 0.15) is 0 Å². The topological polar surface area (TPSA) is 20.2 Å². The number of rotatable bonds is 5. The maximum absolute atomic E-state index is 9.87. The summed E-state index contributed by atoms with van der Waals surface area (Å²) < 4.78 is 0. The monoisotopic (exact) mass is 182 g/mol. The van der Waals surface area contributed by atoms with E-state index in [1.54, 1.807) is 0 Å². The van der Waals surface area contributed by atoms with Crippen LogP contribution in [0.2, 0.25) is 0 Å². The van der Waals surface area contributed by atoms with Crippen molar-refractivity contribution in [3.63, 3.8) is 0 Å². The molecule has 2 unspecified atom stereocenters. The molecule has 1 heteroatoms. The van der Waals surface area contributed by atoms with E-state index in [0.29, 0.717) is 5.92 Å². The maximum atomic E-state index is 9.87. The molecule has 13 heavy (non-hydrogen) atoms. The van der Waals surface area contributed by atoms with Gasteiger partial charge < -0.3 is 5.11 Å². The summed E-state index contributed by atoms with van der Waals surface area (Å²) in [5.74, 6) is 0.456. The number of aliphatic hydroxyl groups excluding tert-OH is 1. The molecule has 0 spiro atoms. The van der Waals surface area contributed by atoms with Gasteiger partial charge in [0.2, 0.25) is 0 Å². The molecule has 0 amide bonds. The molecule has 1 aliphatic carbocycles. The molecule has 0 radical (unpaired) electrons. The van der Waals surface area contributed by atoms with E-state index < -0.39 is 0 Å². The minimum Gasteiger partial charge on any atom is -0.393 e. The van der Waals surface area contributed by atoms with E-state index in [4.69, 9.17) is 0 Å². The Bertz CT molecular complexity index is 172. The average molecular weight is 182 g/mol. The molecule has 1 nitrogen and oxygen atoms in total. The Kier molecular flexibility index (Phi) is 4.51. The highest BCUT2D eigenvalue weighted by Gasteiger charge is 2.22. The number of hydrogen-bond donors (Lipinski definition) is 1. The second kappa shape index (κ2) is 5.43. The lowest BCUT2D eigenvalue weighted by atomic mass is 9.87. The molecule has 0 aromatic heterocycles. The van der Waals surface area contributed by atoms with E-state index in [-0.39, 0.29) is 6.10 Å². The van der Waals surface area contributed by atoms with Gasteiger partial charge in [0.05, 0.1) is 6.10 Å². The zero-order valence-electron chi connectivity index (χ0n) is 8.92. The van der Waals surface area contributed by atoms with Crippen LogP contribution in [0, 0.1) is 5.92 Å². The SMILES string of the molecule is CCCC(C1=CCCC1)C(O)CC. The highest BCUT2D eigenvalue weighted by Crippen LogP contribution is 2.31. The first-order valence-corrected chi connectivity index (χ1v) is 5.66. The molecule has 1 aliphatic rings. The molecule has 0 aromatic rings. The van der Waals surface area contributed by atoms with Crippen LogP contribution in [0.25, 0.3) is 0 Å². The molecule has 76 valence electrons. The molecule has 0 saturated heterocycles. The molecule has 0 saturated carbocycles. The first-order valence-electron chi connectivity index (χ1n) is 5.66. The van der Waals surface area contributed by atoms with Crippen LogP contribution in [0.5, 0.6) is 0 Å². The van der Waals surface area contributed by atoms with Crippen molar-refractivity contribution in [2.75, 3.05) is 0 Å². The van der Waals surface area contributed by atoms with E-state index in [9.17, 15) is 5.11 Å².